The minimum Gasteiger partial charge on any atom is -0.437 e. The van der Waals surface area contributed by atoms with Crippen molar-refractivity contribution in [2.75, 3.05) is 17.2 Å². The highest BCUT2D eigenvalue weighted by molar-refractivity contribution is 5.95. The molecule has 1 aromatic heterocycles. The topological polar surface area (TPSA) is 118 Å². The second-order valence-corrected chi connectivity index (χ2v) is 2.72. The Hall–Kier alpha value is -2.11. The molecule has 0 aliphatic rings. The van der Waals surface area contributed by atoms with Crippen molar-refractivity contribution in [3.8, 4) is 0 Å². The van der Waals surface area contributed by atoms with Crippen LogP contribution in [-0.4, -0.2) is 0 Å². The van der Waals surface area contributed by atoms with E-state index >= 15 is 0 Å². The fraction of sp³-hybridized carbons (Fsp3) is 0. The molecule has 0 atom stereocenters. The fourth-order valence-corrected chi connectivity index (χ4v) is 1.20. The van der Waals surface area contributed by atoms with E-state index in [0.717, 1.165) is 0 Å². The number of nitrogens with two attached hydrogens (primary N) is 3. The first kappa shape index (κ1) is 7.53. The average molecular weight is 180 g/mol. The van der Waals surface area contributed by atoms with E-state index in [-0.39, 0.29) is 16.3 Å². The lowest BCUT2D eigenvalue weighted by Crippen LogP contribution is -2.26. The number of nitrogen functional groups attached to an aromatic ring is 3. The standard InChI is InChI=1S/C7H8N4O2/c8-3-1-4-6(5(9)2-3)13-11(12)7(4)10/h1-2H,8-10H2. The van der Waals surface area contributed by atoms with Gasteiger partial charge in [0.05, 0.1) is 16.7 Å². The summed E-state index contributed by atoms with van der Waals surface area (Å²) in [5.41, 5.74) is 17.5. The minimum atomic E-state index is -0.0333. The summed E-state index contributed by atoms with van der Waals surface area (Å²) in [7, 11) is 0. The summed E-state index contributed by atoms with van der Waals surface area (Å²) < 4.78 is 4.74. The maximum Gasteiger partial charge on any atom is 0.322 e. The second kappa shape index (κ2) is 2.19. The molecule has 0 aliphatic heterocycles. The van der Waals surface area contributed by atoms with Gasteiger partial charge in [-0.1, -0.05) is 0 Å². The van der Waals surface area contributed by atoms with Gasteiger partial charge >= 0.3 is 5.82 Å². The number of fused-ring (bicyclic) bond motifs is 1. The number of rotatable bonds is 0. The highest BCUT2D eigenvalue weighted by atomic mass is 16.7. The first-order valence-electron chi connectivity index (χ1n) is 3.56. The molecule has 1 heterocycles. The van der Waals surface area contributed by atoms with Crippen molar-refractivity contribution in [1.82, 2.24) is 0 Å². The SMILES string of the molecule is Nc1cc(N)c2o[n+]([O-])c(N)c2c1. The van der Waals surface area contributed by atoms with Gasteiger partial charge in [-0.25, -0.2) is 0 Å². The molecule has 6 N–H and O–H groups in total. The van der Waals surface area contributed by atoms with E-state index in [0.29, 0.717) is 16.8 Å². The van der Waals surface area contributed by atoms with Gasteiger partial charge in [0, 0.05) is 5.69 Å². The minimum absolute atomic E-state index is 0.0333. The zero-order valence-electron chi connectivity index (χ0n) is 6.65. The van der Waals surface area contributed by atoms with Crippen LogP contribution >= 0.6 is 0 Å². The van der Waals surface area contributed by atoms with Crippen molar-refractivity contribution in [1.29, 1.82) is 0 Å². The molecule has 0 unspecified atom stereocenters. The third-order valence-electron chi connectivity index (χ3n) is 1.79. The van der Waals surface area contributed by atoms with E-state index in [1.807, 2.05) is 0 Å². The Bertz CT molecular complexity index is 477. The zero-order chi connectivity index (χ0) is 9.59. The van der Waals surface area contributed by atoms with E-state index in [1.165, 1.54) is 6.07 Å². The van der Waals surface area contributed by atoms with Gasteiger partial charge in [-0.05, 0) is 17.0 Å². The van der Waals surface area contributed by atoms with Gasteiger partial charge in [0.1, 0.15) is 0 Å². The van der Waals surface area contributed by atoms with Gasteiger partial charge in [-0.15, -0.1) is 0 Å². The number of hydrogen-bond donors (Lipinski definition) is 3. The summed E-state index contributed by atoms with van der Waals surface area (Å²) in [6, 6.07) is 3.05. The highest BCUT2D eigenvalue weighted by Gasteiger charge is 2.12. The number of hydrogen-bond acceptors (Lipinski definition) is 5. The van der Waals surface area contributed by atoms with Gasteiger partial charge < -0.3 is 21.2 Å². The van der Waals surface area contributed by atoms with Gasteiger partial charge in [-0.3, -0.25) is 5.73 Å². The van der Waals surface area contributed by atoms with Crippen LogP contribution in [0.3, 0.4) is 0 Å². The number of nitrogens with zero attached hydrogens (tertiary/aromatic N) is 1. The third kappa shape index (κ3) is 0.919. The summed E-state index contributed by atoms with van der Waals surface area (Å²) in [6.07, 6.45) is 0. The van der Waals surface area contributed by atoms with Crippen LogP contribution in [0.2, 0.25) is 0 Å². The number of aromatic nitrogens is 1. The van der Waals surface area contributed by atoms with E-state index < -0.39 is 0 Å². The van der Waals surface area contributed by atoms with Crippen molar-refractivity contribution < 1.29 is 9.43 Å². The van der Waals surface area contributed by atoms with Gasteiger partial charge in [0.2, 0.25) is 0 Å². The average Bonchev–Trinajstić information content (AvgIpc) is 2.32. The molecular formula is C7H8N4O2. The third-order valence-corrected chi connectivity index (χ3v) is 1.79. The molecule has 13 heavy (non-hydrogen) atoms. The largest absolute Gasteiger partial charge is 0.437 e. The van der Waals surface area contributed by atoms with Crippen LogP contribution in [0.15, 0.2) is 16.7 Å². The van der Waals surface area contributed by atoms with Gasteiger partial charge in [0.25, 0.3) is 0 Å². The van der Waals surface area contributed by atoms with Crippen LogP contribution in [-0.2, 0) is 0 Å². The lowest BCUT2D eigenvalue weighted by Gasteiger charge is -1.97. The molecule has 0 radical (unpaired) electrons. The van der Waals surface area contributed by atoms with Crippen LogP contribution in [0.1, 0.15) is 0 Å². The molecule has 2 aromatic rings. The van der Waals surface area contributed by atoms with Crippen molar-refractivity contribution >= 4 is 28.2 Å². The van der Waals surface area contributed by atoms with Gasteiger partial charge in [-0.2, -0.15) is 0 Å². The summed E-state index contributed by atoms with van der Waals surface area (Å²) in [5, 5.41) is 11.4. The molecule has 0 saturated heterocycles. The molecule has 0 saturated carbocycles. The number of anilines is 3. The zero-order valence-corrected chi connectivity index (χ0v) is 6.65. The predicted octanol–water partition coefficient (Wildman–Crippen LogP) is -0.187. The molecule has 0 fully saturated rings. The lowest BCUT2D eigenvalue weighted by atomic mass is 10.2. The molecule has 1 aromatic carbocycles. The fourth-order valence-electron chi connectivity index (χ4n) is 1.20. The Labute approximate surface area is 73.1 Å². The van der Waals surface area contributed by atoms with E-state index in [4.69, 9.17) is 21.7 Å². The quantitative estimate of drug-likeness (QED) is 0.383. The molecule has 6 heteroatoms. The first-order chi connectivity index (χ1) is 6.09. The Morgan fingerprint density at radius 2 is 1.92 bits per heavy atom. The molecule has 0 bridgehead atoms. The van der Waals surface area contributed by atoms with Crippen molar-refractivity contribution in [3.05, 3.63) is 17.3 Å². The normalized spacial score (nSPS) is 10.8. The van der Waals surface area contributed by atoms with Crippen LogP contribution in [0.4, 0.5) is 17.2 Å². The smallest absolute Gasteiger partial charge is 0.322 e. The Morgan fingerprint density at radius 3 is 2.62 bits per heavy atom. The Balaban J connectivity index is 2.94. The van der Waals surface area contributed by atoms with Crippen molar-refractivity contribution in [3.63, 3.8) is 0 Å². The molecular weight excluding hydrogens is 172 g/mol. The van der Waals surface area contributed by atoms with Crippen LogP contribution < -0.4 is 22.1 Å². The van der Waals surface area contributed by atoms with Crippen LogP contribution in [0.25, 0.3) is 11.0 Å². The summed E-state index contributed by atoms with van der Waals surface area (Å²) >= 11 is 0. The first-order valence-corrected chi connectivity index (χ1v) is 3.56. The lowest BCUT2D eigenvalue weighted by molar-refractivity contribution is -0.776. The van der Waals surface area contributed by atoms with Gasteiger partial charge in [0.15, 0.2) is 0 Å². The molecule has 0 spiro atoms. The Kier molecular flexibility index (Phi) is 1.27. The van der Waals surface area contributed by atoms with Crippen molar-refractivity contribution in [2.45, 2.75) is 0 Å². The maximum atomic E-state index is 10.9. The van der Waals surface area contributed by atoms with Crippen LogP contribution in [0, 0.1) is 5.21 Å². The predicted molar refractivity (Wildman–Crippen MR) is 48.4 cm³/mol. The van der Waals surface area contributed by atoms with E-state index in [9.17, 15) is 5.21 Å². The molecule has 68 valence electrons. The molecule has 6 nitrogen and oxygen atoms in total. The van der Waals surface area contributed by atoms with Crippen molar-refractivity contribution in [2.24, 2.45) is 0 Å². The maximum absolute atomic E-state index is 10.9. The van der Waals surface area contributed by atoms with E-state index in [2.05, 4.69) is 0 Å². The second-order valence-electron chi connectivity index (χ2n) is 2.72. The summed E-state index contributed by atoms with van der Waals surface area (Å²) in [6.45, 7) is 0. The summed E-state index contributed by atoms with van der Waals surface area (Å²) in [4.78, 5) is 0.209. The van der Waals surface area contributed by atoms with Crippen LogP contribution in [0.5, 0.6) is 0 Å². The number of benzene rings is 1. The molecule has 0 aliphatic carbocycles. The van der Waals surface area contributed by atoms with E-state index in [1.54, 1.807) is 6.07 Å². The highest BCUT2D eigenvalue weighted by Crippen LogP contribution is 2.27. The molecule has 0 amide bonds. The monoisotopic (exact) mass is 180 g/mol. The molecule has 2 rings (SSSR count). The Morgan fingerprint density at radius 1 is 1.23 bits per heavy atom. The summed E-state index contributed by atoms with van der Waals surface area (Å²) in [5.74, 6) is -0.0333.